The summed E-state index contributed by atoms with van der Waals surface area (Å²) in [6.07, 6.45) is 0. The quantitative estimate of drug-likeness (QED) is 0.586. The number of ketones is 1. The topological polar surface area (TPSA) is 61.5 Å². The Balaban J connectivity index is 3.31. The van der Waals surface area contributed by atoms with Crippen LogP contribution < -0.4 is 15.2 Å². The van der Waals surface area contributed by atoms with E-state index in [0.717, 1.165) is 0 Å². The zero-order chi connectivity index (χ0) is 10.7. The molecule has 4 nitrogen and oxygen atoms in total. The highest BCUT2D eigenvalue weighted by Crippen LogP contribution is 2.34. The first-order chi connectivity index (χ1) is 6.60. The number of nitrogen functional groups attached to an aromatic ring is 1. The number of rotatable bonds is 3. The van der Waals surface area contributed by atoms with Crippen LogP contribution in [0.1, 0.15) is 17.3 Å². The van der Waals surface area contributed by atoms with Gasteiger partial charge in [0.15, 0.2) is 17.3 Å². The minimum Gasteiger partial charge on any atom is -0.493 e. The van der Waals surface area contributed by atoms with Crippen LogP contribution in [0.15, 0.2) is 12.1 Å². The molecular formula is C10H13NO3. The number of hydrogen-bond donors (Lipinski definition) is 1. The van der Waals surface area contributed by atoms with Crippen LogP contribution in [-0.4, -0.2) is 20.0 Å². The van der Waals surface area contributed by atoms with Crippen LogP contribution in [-0.2, 0) is 0 Å². The van der Waals surface area contributed by atoms with Crippen molar-refractivity contribution < 1.29 is 14.3 Å². The molecule has 0 aliphatic rings. The molecule has 0 aliphatic heterocycles. The second-order valence-corrected chi connectivity index (χ2v) is 2.86. The highest BCUT2D eigenvalue weighted by atomic mass is 16.5. The minimum atomic E-state index is -0.0577. The van der Waals surface area contributed by atoms with Gasteiger partial charge in [0.05, 0.1) is 19.9 Å². The van der Waals surface area contributed by atoms with Gasteiger partial charge < -0.3 is 15.2 Å². The van der Waals surface area contributed by atoms with Crippen LogP contribution >= 0.6 is 0 Å². The molecule has 0 heterocycles. The van der Waals surface area contributed by atoms with E-state index in [0.29, 0.717) is 22.7 Å². The van der Waals surface area contributed by atoms with Crippen molar-refractivity contribution in [2.24, 2.45) is 0 Å². The Kier molecular flexibility index (Phi) is 2.96. The van der Waals surface area contributed by atoms with Crippen LogP contribution in [0.3, 0.4) is 0 Å². The van der Waals surface area contributed by atoms with E-state index < -0.39 is 0 Å². The highest BCUT2D eigenvalue weighted by molar-refractivity contribution is 5.96. The molecule has 0 aliphatic carbocycles. The Hall–Kier alpha value is -1.71. The number of nitrogens with two attached hydrogens (primary N) is 1. The third-order valence-corrected chi connectivity index (χ3v) is 1.91. The van der Waals surface area contributed by atoms with Crippen molar-refractivity contribution in [3.8, 4) is 11.5 Å². The molecule has 1 rings (SSSR count). The number of carbonyl (C=O) groups excluding carboxylic acids is 1. The zero-order valence-corrected chi connectivity index (χ0v) is 8.46. The lowest BCUT2D eigenvalue weighted by atomic mass is 10.1. The Bertz CT molecular complexity index is 361. The zero-order valence-electron chi connectivity index (χ0n) is 8.46. The molecule has 2 N–H and O–H groups in total. The van der Waals surface area contributed by atoms with Crippen LogP contribution in [0.5, 0.6) is 11.5 Å². The van der Waals surface area contributed by atoms with Gasteiger partial charge >= 0.3 is 0 Å². The van der Waals surface area contributed by atoms with E-state index in [-0.39, 0.29) is 5.78 Å². The average Bonchev–Trinajstić information content (AvgIpc) is 2.16. The summed E-state index contributed by atoms with van der Waals surface area (Å²) in [5.74, 6) is 0.868. The maximum absolute atomic E-state index is 11.1. The van der Waals surface area contributed by atoms with Crippen LogP contribution in [0, 0.1) is 0 Å². The lowest BCUT2D eigenvalue weighted by molar-refractivity contribution is 0.101. The second-order valence-electron chi connectivity index (χ2n) is 2.86. The summed E-state index contributed by atoms with van der Waals surface area (Å²) < 4.78 is 10.1. The summed E-state index contributed by atoms with van der Waals surface area (Å²) >= 11 is 0. The Labute approximate surface area is 82.6 Å². The highest BCUT2D eigenvalue weighted by Gasteiger charge is 2.11. The van der Waals surface area contributed by atoms with Crippen molar-refractivity contribution in [3.63, 3.8) is 0 Å². The Morgan fingerprint density at radius 3 is 2.36 bits per heavy atom. The van der Waals surface area contributed by atoms with E-state index in [1.54, 1.807) is 12.1 Å². The molecule has 14 heavy (non-hydrogen) atoms. The fourth-order valence-electron chi connectivity index (χ4n) is 1.20. The van der Waals surface area contributed by atoms with Crippen LogP contribution in [0.25, 0.3) is 0 Å². The molecule has 76 valence electrons. The van der Waals surface area contributed by atoms with E-state index >= 15 is 0 Å². The van der Waals surface area contributed by atoms with Crippen molar-refractivity contribution in [2.75, 3.05) is 20.0 Å². The standard InChI is InChI=1S/C10H13NO3/c1-6(12)7-4-8(11)10(14-3)9(5-7)13-2/h4-5H,11H2,1-3H3. The third-order valence-electron chi connectivity index (χ3n) is 1.91. The summed E-state index contributed by atoms with van der Waals surface area (Å²) in [4.78, 5) is 11.1. The Morgan fingerprint density at radius 1 is 1.29 bits per heavy atom. The molecule has 1 aromatic rings. The van der Waals surface area contributed by atoms with Gasteiger partial charge in [-0.15, -0.1) is 0 Å². The molecule has 0 saturated carbocycles. The maximum atomic E-state index is 11.1. The van der Waals surface area contributed by atoms with Gasteiger partial charge in [-0.1, -0.05) is 0 Å². The fourth-order valence-corrected chi connectivity index (χ4v) is 1.20. The molecule has 0 fully saturated rings. The molecule has 0 bridgehead atoms. The van der Waals surface area contributed by atoms with Gasteiger partial charge in [-0.25, -0.2) is 0 Å². The van der Waals surface area contributed by atoms with Crippen molar-refractivity contribution in [1.82, 2.24) is 0 Å². The predicted molar refractivity (Wildman–Crippen MR) is 54.0 cm³/mol. The fraction of sp³-hybridized carbons (Fsp3) is 0.300. The van der Waals surface area contributed by atoms with Gasteiger partial charge in [0.1, 0.15) is 0 Å². The number of methoxy groups -OCH3 is 2. The number of hydrogen-bond acceptors (Lipinski definition) is 4. The molecule has 4 heteroatoms. The summed E-state index contributed by atoms with van der Waals surface area (Å²) in [5.41, 5.74) is 6.60. The number of anilines is 1. The first-order valence-electron chi connectivity index (χ1n) is 4.12. The van der Waals surface area contributed by atoms with Crippen LogP contribution in [0.2, 0.25) is 0 Å². The lowest BCUT2D eigenvalue weighted by Gasteiger charge is -2.11. The van der Waals surface area contributed by atoms with E-state index in [4.69, 9.17) is 15.2 Å². The molecule has 1 aromatic carbocycles. The summed E-state index contributed by atoms with van der Waals surface area (Å²) in [6.45, 7) is 1.47. The summed E-state index contributed by atoms with van der Waals surface area (Å²) in [6, 6.07) is 3.18. The molecular weight excluding hydrogens is 182 g/mol. The summed E-state index contributed by atoms with van der Waals surface area (Å²) in [5, 5.41) is 0. The number of benzene rings is 1. The first-order valence-corrected chi connectivity index (χ1v) is 4.12. The molecule has 0 saturated heterocycles. The number of carbonyl (C=O) groups is 1. The van der Waals surface area contributed by atoms with Crippen molar-refractivity contribution in [1.29, 1.82) is 0 Å². The largest absolute Gasteiger partial charge is 0.493 e. The van der Waals surface area contributed by atoms with Gasteiger partial charge in [0.25, 0.3) is 0 Å². The lowest BCUT2D eigenvalue weighted by Crippen LogP contribution is -2.00. The summed E-state index contributed by atoms with van der Waals surface area (Å²) in [7, 11) is 3.00. The monoisotopic (exact) mass is 195 g/mol. The SMILES string of the molecule is COc1cc(C(C)=O)cc(N)c1OC. The van der Waals surface area contributed by atoms with E-state index in [2.05, 4.69) is 0 Å². The van der Waals surface area contributed by atoms with Crippen molar-refractivity contribution in [2.45, 2.75) is 6.92 Å². The van der Waals surface area contributed by atoms with Gasteiger partial charge in [-0.05, 0) is 19.1 Å². The molecule has 0 unspecified atom stereocenters. The Morgan fingerprint density at radius 2 is 1.93 bits per heavy atom. The van der Waals surface area contributed by atoms with Gasteiger partial charge in [0, 0.05) is 5.56 Å². The van der Waals surface area contributed by atoms with Crippen molar-refractivity contribution >= 4 is 11.5 Å². The molecule has 0 radical (unpaired) electrons. The number of ether oxygens (including phenoxy) is 2. The molecule has 0 aromatic heterocycles. The predicted octanol–water partition coefficient (Wildman–Crippen LogP) is 1.49. The minimum absolute atomic E-state index is 0.0577. The molecule has 0 spiro atoms. The smallest absolute Gasteiger partial charge is 0.183 e. The molecule has 0 amide bonds. The normalized spacial score (nSPS) is 9.64. The van der Waals surface area contributed by atoms with Crippen LogP contribution in [0.4, 0.5) is 5.69 Å². The van der Waals surface area contributed by atoms with E-state index in [1.165, 1.54) is 21.1 Å². The van der Waals surface area contributed by atoms with E-state index in [9.17, 15) is 4.79 Å². The first kappa shape index (κ1) is 10.4. The van der Waals surface area contributed by atoms with Crippen molar-refractivity contribution in [3.05, 3.63) is 17.7 Å². The molecule has 0 atom stereocenters. The van der Waals surface area contributed by atoms with Gasteiger partial charge in [-0.2, -0.15) is 0 Å². The average molecular weight is 195 g/mol. The maximum Gasteiger partial charge on any atom is 0.183 e. The third kappa shape index (κ3) is 1.79. The van der Waals surface area contributed by atoms with E-state index in [1.807, 2.05) is 0 Å². The van der Waals surface area contributed by atoms with Gasteiger partial charge in [0.2, 0.25) is 0 Å². The van der Waals surface area contributed by atoms with Gasteiger partial charge in [-0.3, -0.25) is 4.79 Å². The second kappa shape index (κ2) is 4.00. The number of Topliss-reactive ketones (excluding diaryl/α,β-unsaturated/α-hetero) is 1.